The standard InChI is InChI=1S/C16H26N2O2S/c1-13(2)5-6-14-7-9-16(10-8-14)21(19,20)18-12-15-4-3-11-17-15/h7-10,13,15,17-18H,3-6,11-12H2,1-2H3. The lowest BCUT2D eigenvalue weighted by atomic mass is 10.0. The zero-order chi connectivity index (χ0) is 15.3. The van der Waals surface area contributed by atoms with E-state index < -0.39 is 10.0 Å². The van der Waals surface area contributed by atoms with Crippen LogP contribution in [0.15, 0.2) is 29.2 Å². The van der Waals surface area contributed by atoms with Gasteiger partial charge < -0.3 is 5.32 Å². The van der Waals surface area contributed by atoms with Crippen molar-refractivity contribution in [2.75, 3.05) is 13.1 Å². The van der Waals surface area contributed by atoms with Gasteiger partial charge in [0.25, 0.3) is 0 Å². The van der Waals surface area contributed by atoms with Crippen LogP contribution < -0.4 is 10.0 Å². The minimum absolute atomic E-state index is 0.269. The number of nitrogens with one attached hydrogen (secondary N) is 2. The first kappa shape index (κ1) is 16.5. The van der Waals surface area contributed by atoms with Crippen molar-refractivity contribution < 1.29 is 8.42 Å². The van der Waals surface area contributed by atoms with Gasteiger partial charge in [0.1, 0.15) is 0 Å². The zero-order valence-corrected chi connectivity index (χ0v) is 13.7. The van der Waals surface area contributed by atoms with Crippen molar-refractivity contribution in [2.24, 2.45) is 5.92 Å². The van der Waals surface area contributed by atoms with Crippen molar-refractivity contribution in [3.8, 4) is 0 Å². The van der Waals surface area contributed by atoms with Crippen LogP contribution in [-0.4, -0.2) is 27.5 Å². The third kappa shape index (κ3) is 5.09. The van der Waals surface area contributed by atoms with Gasteiger partial charge in [-0.1, -0.05) is 26.0 Å². The smallest absolute Gasteiger partial charge is 0.240 e. The summed E-state index contributed by atoms with van der Waals surface area (Å²) in [6.45, 7) is 5.84. The van der Waals surface area contributed by atoms with Gasteiger partial charge in [-0.05, 0) is 55.8 Å². The van der Waals surface area contributed by atoms with E-state index in [9.17, 15) is 8.42 Å². The van der Waals surface area contributed by atoms with Crippen molar-refractivity contribution >= 4 is 10.0 Å². The number of hydrogen-bond donors (Lipinski definition) is 2. The van der Waals surface area contributed by atoms with E-state index in [0.29, 0.717) is 17.4 Å². The molecule has 0 aromatic heterocycles. The molecule has 0 saturated carbocycles. The lowest BCUT2D eigenvalue weighted by Gasteiger charge is -2.12. The second-order valence-corrected chi connectivity index (χ2v) is 7.99. The van der Waals surface area contributed by atoms with Gasteiger partial charge in [-0.25, -0.2) is 13.1 Å². The summed E-state index contributed by atoms with van der Waals surface area (Å²) in [5, 5.41) is 3.29. The summed E-state index contributed by atoms with van der Waals surface area (Å²) in [6, 6.07) is 7.53. The van der Waals surface area contributed by atoms with Crippen molar-refractivity contribution in [1.82, 2.24) is 10.0 Å². The van der Waals surface area contributed by atoms with Crippen LogP contribution in [0.25, 0.3) is 0 Å². The number of rotatable bonds is 7. The molecule has 1 aromatic rings. The summed E-state index contributed by atoms with van der Waals surface area (Å²) in [7, 11) is -3.39. The summed E-state index contributed by atoms with van der Waals surface area (Å²) in [5.41, 5.74) is 1.19. The van der Waals surface area contributed by atoms with Gasteiger partial charge in [-0.3, -0.25) is 0 Å². The number of aryl methyl sites for hydroxylation is 1. The molecule has 118 valence electrons. The Balaban J connectivity index is 1.92. The van der Waals surface area contributed by atoms with Gasteiger partial charge in [0.05, 0.1) is 4.90 Å². The van der Waals surface area contributed by atoms with Crippen molar-refractivity contribution in [1.29, 1.82) is 0 Å². The normalized spacial score (nSPS) is 19.3. The van der Waals surface area contributed by atoms with E-state index in [1.54, 1.807) is 12.1 Å². The predicted molar refractivity (Wildman–Crippen MR) is 85.8 cm³/mol. The molecule has 1 atom stereocenters. The molecule has 0 bridgehead atoms. The van der Waals surface area contributed by atoms with Crippen LogP contribution in [0.2, 0.25) is 0 Å². The Hall–Kier alpha value is -0.910. The summed E-state index contributed by atoms with van der Waals surface area (Å²) in [5.74, 6) is 0.661. The largest absolute Gasteiger partial charge is 0.313 e. The Bertz CT molecular complexity index is 532. The van der Waals surface area contributed by atoms with Crippen LogP contribution in [0.3, 0.4) is 0 Å². The van der Waals surface area contributed by atoms with Crippen molar-refractivity contribution in [3.05, 3.63) is 29.8 Å². The molecule has 5 heteroatoms. The lowest BCUT2D eigenvalue weighted by Crippen LogP contribution is -2.37. The first-order valence-corrected chi connectivity index (χ1v) is 9.27. The Morgan fingerprint density at radius 1 is 1.29 bits per heavy atom. The third-order valence-corrected chi connectivity index (χ3v) is 5.37. The summed E-state index contributed by atoms with van der Waals surface area (Å²) in [4.78, 5) is 0.355. The van der Waals surface area contributed by atoms with Crippen LogP contribution >= 0.6 is 0 Å². The summed E-state index contributed by atoms with van der Waals surface area (Å²) in [6.07, 6.45) is 4.28. The maximum Gasteiger partial charge on any atom is 0.240 e. The monoisotopic (exact) mass is 310 g/mol. The van der Waals surface area contributed by atoms with E-state index in [2.05, 4.69) is 23.9 Å². The molecular weight excluding hydrogens is 284 g/mol. The maximum absolute atomic E-state index is 12.2. The van der Waals surface area contributed by atoms with E-state index in [-0.39, 0.29) is 6.04 Å². The van der Waals surface area contributed by atoms with Crippen LogP contribution in [0, 0.1) is 5.92 Å². The minimum Gasteiger partial charge on any atom is -0.313 e. The van der Waals surface area contributed by atoms with Crippen LogP contribution in [0.1, 0.15) is 38.7 Å². The van der Waals surface area contributed by atoms with Gasteiger partial charge in [0, 0.05) is 12.6 Å². The molecule has 1 aliphatic rings. The van der Waals surface area contributed by atoms with E-state index in [4.69, 9.17) is 0 Å². The average Bonchev–Trinajstić information content (AvgIpc) is 2.97. The molecule has 21 heavy (non-hydrogen) atoms. The third-order valence-electron chi connectivity index (χ3n) is 3.93. The Morgan fingerprint density at radius 2 is 2.00 bits per heavy atom. The predicted octanol–water partition coefficient (Wildman–Crippen LogP) is 2.31. The average molecular weight is 310 g/mol. The molecule has 0 aliphatic carbocycles. The molecular formula is C16H26N2O2S. The topological polar surface area (TPSA) is 58.2 Å². The molecule has 1 saturated heterocycles. The highest BCUT2D eigenvalue weighted by atomic mass is 32.2. The molecule has 0 radical (unpaired) electrons. The van der Waals surface area contributed by atoms with Gasteiger partial charge in [-0.2, -0.15) is 0 Å². The van der Waals surface area contributed by atoms with Gasteiger partial charge >= 0.3 is 0 Å². The Morgan fingerprint density at radius 3 is 2.57 bits per heavy atom. The molecule has 1 aliphatic heterocycles. The fourth-order valence-electron chi connectivity index (χ4n) is 2.52. The Labute approximate surface area is 128 Å². The van der Waals surface area contributed by atoms with Crippen LogP contribution in [-0.2, 0) is 16.4 Å². The first-order chi connectivity index (χ1) is 9.97. The zero-order valence-electron chi connectivity index (χ0n) is 12.9. The highest BCUT2D eigenvalue weighted by Crippen LogP contribution is 2.14. The van der Waals surface area contributed by atoms with E-state index in [0.717, 1.165) is 32.2 Å². The molecule has 0 spiro atoms. The Kier molecular flexibility index (Phi) is 5.79. The first-order valence-electron chi connectivity index (χ1n) is 7.79. The highest BCUT2D eigenvalue weighted by molar-refractivity contribution is 7.89. The van der Waals surface area contributed by atoms with Crippen molar-refractivity contribution in [2.45, 2.75) is 50.5 Å². The molecule has 4 nitrogen and oxygen atoms in total. The second kappa shape index (κ2) is 7.38. The summed E-state index contributed by atoms with van der Waals surface area (Å²) >= 11 is 0. The fourth-order valence-corrected chi connectivity index (χ4v) is 3.60. The molecule has 0 amide bonds. The summed E-state index contributed by atoms with van der Waals surface area (Å²) < 4.78 is 27.2. The molecule has 1 unspecified atom stereocenters. The maximum atomic E-state index is 12.2. The molecule has 2 rings (SSSR count). The number of hydrogen-bond acceptors (Lipinski definition) is 3. The lowest BCUT2D eigenvalue weighted by molar-refractivity contribution is 0.551. The second-order valence-electron chi connectivity index (χ2n) is 6.22. The number of benzene rings is 1. The fraction of sp³-hybridized carbons (Fsp3) is 0.625. The molecule has 2 N–H and O–H groups in total. The van der Waals surface area contributed by atoms with E-state index in [1.807, 2.05) is 12.1 Å². The SMILES string of the molecule is CC(C)CCc1ccc(S(=O)(=O)NCC2CCCN2)cc1. The number of sulfonamides is 1. The van der Waals surface area contributed by atoms with Crippen LogP contribution in [0.5, 0.6) is 0 Å². The highest BCUT2D eigenvalue weighted by Gasteiger charge is 2.19. The molecule has 1 heterocycles. The molecule has 1 fully saturated rings. The molecule has 1 aromatic carbocycles. The van der Waals surface area contributed by atoms with Crippen molar-refractivity contribution in [3.63, 3.8) is 0 Å². The van der Waals surface area contributed by atoms with Crippen LogP contribution in [0.4, 0.5) is 0 Å². The van der Waals surface area contributed by atoms with Gasteiger partial charge in [-0.15, -0.1) is 0 Å². The van der Waals surface area contributed by atoms with E-state index >= 15 is 0 Å². The van der Waals surface area contributed by atoms with E-state index in [1.165, 1.54) is 5.56 Å². The quantitative estimate of drug-likeness (QED) is 0.812. The minimum atomic E-state index is -3.39. The van der Waals surface area contributed by atoms with Gasteiger partial charge in [0.2, 0.25) is 10.0 Å². The van der Waals surface area contributed by atoms with Gasteiger partial charge in [0.15, 0.2) is 0 Å².